The highest BCUT2D eigenvalue weighted by atomic mass is 16.7. The van der Waals surface area contributed by atoms with E-state index in [2.05, 4.69) is 53.5 Å². The summed E-state index contributed by atoms with van der Waals surface area (Å²) < 4.78 is 11.0. The molecule has 0 aliphatic carbocycles. The van der Waals surface area contributed by atoms with Gasteiger partial charge in [0.15, 0.2) is 11.5 Å². The van der Waals surface area contributed by atoms with Crippen molar-refractivity contribution in [3.63, 3.8) is 0 Å². The van der Waals surface area contributed by atoms with E-state index >= 15 is 0 Å². The Kier molecular flexibility index (Phi) is 3.93. The van der Waals surface area contributed by atoms with Crippen LogP contribution in [0.1, 0.15) is 22.7 Å². The van der Waals surface area contributed by atoms with Crippen LogP contribution in [-0.4, -0.2) is 37.9 Å². The topological polar surface area (TPSA) is 33.7 Å². The zero-order chi connectivity index (χ0) is 15.6. The maximum atomic E-state index is 5.58. The largest absolute Gasteiger partial charge is 0.454 e. The SMILES string of the molecule is Cc1cccc(C(c2ccc3c(c2)OCO3)N2CCNCC2)c1. The number of piperazine rings is 1. The van der Waals surface area contributed by atoms with Crippen molar-refractivity contribution in [3.8, 4) is 11.5 Å². The number of benzene rings is 2. The average molecular weight is 310 g/mol. The van der Waals surface area contributed by atoms with Crippen LogP contribution in [0, 0.1) is 6.92 Å². The fourth-order valence-corrected chi connectivity index (χ4v) is 3.48. The fourth-order valence-electron chi connectivity index (χ4n) is 3.48. The van der Waals surface area contributed by atoms with E-state index in [9.17, 15) is 0 Å². The van der Waals surface area contributed by atoms with Crippen molar-refractivity contribution < 1.29 is 9.47 Å². The molecule has 1 atom stereocenters. The second kappa shape index (κ2) is 6.22. The van der Waals surface area contributed by atoms with E-state index in [0.717, 1.165) is 37.7 Å². The highest BCUT2D eigenvalue weighted by Crippen LogP contribution is 2.37. The Bertz CT molecular complexity index is 696. The summed E-state index contributed by atoms with van der Waals surface area (Å²) in [4.78, 5) is 2.54. The van der Waals surface area contributed by atoms with Gasteiger partial charge in [0.05, 0.1) is 6.04 Å². The third kappa shape index (κ3) is 2.92. The highest BCUT2D eigenvalue weighted by Gasteiger charge is 2.26. The molecule has 120 valence electrons. The number of nitrogens with one attached hydrogen (secondary N) is 1. The normalized spacial score (nSPS) is 18.8. The second-order valence-corrected chi connectivity index (χ2v) is 6.22. The molecule has 4 heteroatoms. The third-order valence-corrected chi connectivity index (χ3v) is 4.59. The van der Waals surface area contributed by atoms with Gasteiger partial charge in [-0.05, 0) is 30.2 Å². The molecule has 23 heavy (non-hydrogen) atoms. The van der Waals surface area contributed by atoms with Crippen LogP contribution in [0.25, 0.3) is 0 Å². The van der Waals surface area contributed by atoms with Crippen LogP contribution in [0.15, 0.2) is 42.5 Å². The number of nitrogens with zero attached hydrogens (tertiary/aromatic N) is 1. The predicted octanol–water partition coefficient (Wildman–Crippen LogP) is 2.72. The van der Waals surface area contributed by atoms with Crippen molar-refractivity contribution in [3.05, 3.63) is 59.2 Å². The Labute approximate surface area is 137 Å². The van der Waals surface area contributed by atoms with Crippen LogP contribution in [0.2, 0.25) is 0 Å². The summed E-state index contributed by atoms with van der Waals surface area (Å²) >= 11 is 0. The molecule has 1 fully saturated rings. The molecule has 1 saturated heterocycles. The average Bonchev–Trinajstić information content (AvgIpc) is 3.04. The van der Waals surface area contributed by atoms with E-state index in [1.54, 1.807) is 0 Å². The van der Waals surface area contributed by atoms with Crippen molar-refractivity contribution in [2.24, 2.45) is 0 Å². The van der Waals surface area contributed by atoms with Crippen molar-refractivity contribution in [1.29, 1.82) is 0 Å². The second-order valence-electron chi connectivity index (χ2n) is 6.22. The van der Waals surface area contributed by atoms with Crippen LogP contribution < -0.4 is 14.8 Å². The lowest BCUT2D eigenvalue weighted by atomic mass is 9.95. The highest BCUT2D eigenvalue weighted by molar-refractivity contribution is 5.47. The number of hydrogen-bond donors (Lipinski definition) is 1. The number of rotatable bonds is 3. The molecule has 4 rings (SSSR count). The maximum absolute atomic E-state index is 5.58. The van der Waals surface area contributed by atoms with Crippen LogP contribution in [-0.2, 0) is 0 Å². The summed E-state index contributed by atoms with van der Waals surface area (Å²) in [6.07, 6.45) is 0. The molecule has 0 saturated carbocycles. The van der Waals surface area contributed by atoms with E-state index in [1.807, 2.05) is 6.07 Å². The lowest BCUT2D eigenvalue weighted by Gasteiger charge is -2.35. The lowest BCUT2D eigenvalue weighted by Crippen LogP contribution is -2.45. The van der Waals surface area contributed by atoms with Crippen LogP contribution >= 0.6 is 0 Å². The molecule has 0 aromatic heterocycles. The van der Waals surface area contributed by atoms with Gasteiger partial charge in [-0.2, -0.15) is 0 Å². The van der Waals surface area contributed by atoms with Gasteiger partial charge in [-0.1, -0.05) is 35.9 Å². The Morgan fingerprint density at radius 3 is 2.57 bits per heavy atom. The molecular weight excluding hydrogens is 288 g/mol. The predicted molar refractivity (Wildman–Crippen MR) is 90.0 cm³/mol. The first kappa shape index (κ1) is 14.5. The first-order valence-electron chi connectivity index (χ1n) is 8.22. The van der Waals surface area contributed by atoms with Crippen LogP contribution in [0.4, 0.5) is 0 Å². The van der Waals surface area contributed by atoms with Gasteiger partial charge in [0, 0.05) is 26.2 Å². The van der Waals surface area contributed by atoms with Gasteiger partial charge in [0.2, 0.25) is 6.79 Å². The maximum Gasteiger partial charge on any atom is 0.231 e. The molecular formula is C19H22N2O2. The zero-order valence-electron chi connectivity index (χ0n) is 13.4. The number of hydrogen-bond acceptors (Lipinski definition) is 4. The van der Waals surface area contributed by atoms with Crippen LogP contribution in [0.5, 0.6) is 11.5 Å². The summed E-state index contributed by atoms with van der Waals surface area (Å²) in [7, 11) is 0. The number of aryl methyl sites for hydroxylation is 1. The summed E-state index contributed by atoms with van der Waals surface area (Å²) in [5.41, 5.74) is 3.90. The van der Waals surface area contributed by atoms with Gasteiger partial charge in [-0.25, -0.2) is 0 Å². The smallest absolute Gasteiger partial charge is 0.231 e. The Hall–Kier alpha value is -2.04. The molecule has 4 nitrogen and oxygen atoms in total. The Balaban J connectivity index is 1.75. The first-order chi connectivity index (χ1) is 11.3. The van der Waals surface area contributed by atoms with Gasteiger partial charge in [-0.15, -0.1) is 0 Å². The van der Waals surface area contributed by atoms with Gasteiger partial charge in [0.1, 0.15) is 0 Å². The van der Waals surface area contributed by atoms with Crippen molar-refractivity contribution in [2.75, 3.05) is 33.0 Å². The molecule has 0 radical (unpaired) electrons. The molecule has 2 aromatic rings. The van der Waals surface area contributed by atoms with E-state index in [0.29, 0.717) is 6.79 Å². The summed E-state index contributed by atoms with van der Waals surface area (Å²) in [5, 5.41) is 3.44. The minimum Gasteiger partial charge on any atom is -0.454 e. The molecule has 1 unspecified atom stereocenters. The fraction of sp³-hybridized carbons (Fsp3) is 0.368. The lowest BCUT2D eigenvalue weighted by molar-refractivity contribution is 0.173. The summed E-state index contributed by atoms with van der Waals surface area (Å²) in [6.45, 7) is 6.64. The zero-order valence-corrected chi connectivity index (χ0v) is 13.4. The minimum atomic E-state index is 0.256. The molecule has 1 N–H and O–H groups in total. The third-order valence-electron chi connectivity index (χ3n) is 4.59. The quantitative estimate of drug-likeness (QED) is 0.945. The van der Waals surface area contributed by atoms with Crippen molar-refractivity contribution >= 4 is 0 Å². The summed E-state index contributed by atoms with van der Waals surface area (Å²) in [5.74, 6) is 1.70. The number of ether oxygens (including phenoxy) is 2. The molecule has 2 aromatic carbocycles. The molecule has 2 aliphatic heterocycles. The van der Waals surface area contributed by atoms with Crippen molar-refractivity contribution in [2.45, 2.75) is 13.0 Å². The van der Waals surface area contributed by atoms with Gasteiger partial charge < -0.3 is 14.8 Å². The minimum absolute atomic E-state index is 0.256. The molecule has 0 amide bonds. The first-order valence-corrected chi connectivity index (χ1v) is 8.22. The van der Waals surface area contributed by atoms with Gasteiger partial charge in [0.25, 0.3) is 0 Å². The Morgan fingerprint density at radius 1 is 0.957 bits per heavy atom. The Morgan fingerprint density at radius 2 is 1.74 bits per heavy atom. The monoisotopic (exact) mass is 310 g/mol. The van der Waals surface area contributed by atoms with E-state index in [-0.39, 0.29) is 6.04 Å². The molecule has 0 spiro atoms. The van der Waals surface area contributed by atoms with Crippen LogP contribution in [0.3, 0.4) is 0 Å². The van der Waals surface area contributed by atoms with E-state index < -0.39 is 0 Å². The van der Waals surface area contributed by atoms with E-state index in [1.165, 1.54) is 16.7 Å². The van der Waals surface area contributed by atoms with Crippen molar-refractivity contribution in [1.82, 2.24) is 10.2 Å². The summed E-state index contributed by atoms with van der Waals surface area (Å²) in [6, 6.07) is 15.4. The van der Waals surface area contributed by atoms with E-state index in [4.69, 9.17) is 9.47 Å². The molecule has 2 heterocycles. The molecule has 0 bridgehead atoms. The van der Waals surface area contributed by atoms with Gasteiger partial charge in [-0.3, -0.25) is 4.90 Å². The van der Waals surface area contributed by atoms with Gasteiger partial charge >= 0.3 is 0 Å². The standard InChI is InChI=1S/C19H22N2O2/c1-14-3-2-4-15(11-14)19(21-9-7-20-8-10-21)16-5-6-17-18(12-16)23-13-22-17/h2-6,11-12,19-20H,7-10,13H2,1H3. The number of fused-ring (bicyclic) bond motifs is 1. The molecule has 2 aliphatic rings.